The van der Waals surface area contributed by atoms with Crippen molar-refractivity contribution < 1.29 is 18.3 Å². The van der Waals surface area contributed by atoms with Crippen molar-refractivity contribution in [1.29, 1.82) is 5.26 Å². The molecule has 6 heteroatoms. The minimum atomic E-state index is -4.66. The highest BCUT2D eigenvalue weighted by molar-refractivity contribution is 6.30. The van der Waals surface area contributed by atoms with E-state index in [0.717, 1.165) is 30.5 Å². The fraction of sp³-hybridized carbons (Fsp3) is 0.160. The average Bonchev–Trinajstić information content (AvgIpc) is 2.72. The van der Waals surface area contributed by atoms with Crippen LogP contribution in [0.3, 0.4) is 0 Å². The van der Waals surface area contributed by atoms with E-state index in [1.54, 1.807) is 30.4 Å². The molecule has 0 spiro atoms. The lowest BCUT2D eigenvalue weighted by atomic mass is 9.95. The lowest BCUT2D eigenvalue weighted by Gasteiger charge is -2.10. The molecule has 1 N–H and O–H groups in total. The van der Waals surface area contributed by atoms with Crippen LogP contribution in [0.5, 0.6) is 5.75 Å². The lowest BCUT2D eigenvalue weighted by molar-refractivity contribution is -0.137. The molecule has 0 aliphatic heterocycles. The van der Waals surface area contributed by atoms with E-state index in [4.69, 9.17) is 11.6 Å². The number of rotatable bonds is 5. The monoisotopic (exact) mass is 441 g/mol. The molecule has 0 atom stereocenters. The molecule has 31 heavy (non-hydrogen) atoms. The number of unbranched alkanes of at least 4 members (excludes halogenated alkanes) is 1. The molecular weight excluding hydrogens is 423 g/mol. The van der Waals surface area contributed by atoms with Crippen LogP contribution >= 0.6 is 11.6 Å². The van der Waals surface area contributed by atoms with Crippen LogP contribution in [0.2, 0.25) is 0 Å². The van der Waals surface area contributed by atoms with E-state index in [-0.39, 0.29) is 5.56 Å². The summed E-state index contributed by atoms with van der Waals surface area (Å²) in [5.41, 5.74) is 0.891. The SMILES string of the molecule is C=C(Cl)/C=C\C(=C/CCC)c1cc(C#N)ccc1C#Cc1ccc(O)cc1C(F)(F)F. The van der Waals surface area contributed by atoms with Gasteiger partial charge in [0.25, 0.3) is 0 Å². The molecule has 2 aromatic carbocycles. The van der Waals surface area contributed by atoms with Gasteiger partial charge in [-0.05, 0) is 60.0 Å². The van der Waals surface area contributed by atoms with Gasteiger partial charge in [-0.2, -0.15) is 18.4 Å². The molecular formula is C25H19ClF3NO. The Morgan fingerprint density at radius 2 is 1.81 bits per heavy atom. The number of nitriles is 1. The third kappa shape index (κ3) is 6.81. The second-order valence-corrected chi connectivity index (χ2v) is 7.06. The van der Waals surface area contributed by atoms with Crippen molar-refractivity contribution in [3.8, 4) is 23.7 Å². The second-order valence-electron chi connectivity index (χ2n) is 6.58. The molecule has 0 fully saturated rings. The first-order valence-corrected chi connectivity index (χ1v) is 9.73. The van der Waals surface area contributed by atoms with Gasteiger partial charge >= 0.3 is 6.18 Å². The molecule has 0 amide bonds. The molecule has 2 rings (SSSR count). The molecule has 2 aromatic rings. The molecule has 0 aromatic heterocycles. The highest BCUT2D eigenvalue weighted by Crippen LogP contribution is 2.34. The third-order valence-corrected chi connectivity index (χ3v) is 4.32. The van der Waals surface area contributed by atoms with Crippen LogP contribution in [0.1, 0.15) is 47.6 Å². The van der Waals surface area contributed by atoms with Gasteiger partial charge in [0.2, 0.25) is 0 Å². The molecule has 0 heterocycles. The lowest BCUT2D eigenvalue weighted by Crippen LogP contribution is -2.07. The Balaban J connectivity index is 2.66. The number of hydrogen-bond donors (Lipinski definition) is 1. The number of hydrogen-bond acceptors (Lipinski definition) is 2. The summed E-state index contributed by atoms with van der Waals surface area (Å²) in [6.45, 7) is 5.63. The van der Waals surface area contributed by atoms with Gasteiger partial charge in [0.1, 0.15) is 5.75 Å². The van der Waals surface area contributed by atoms with E-state index in [0.29, 0.717) is 27.8 Å². The number of halogens is 4. The maximum Gasteiger partial charge on any atom is 0.417 e. The molecule has 158 valence electrons. The van der Waals surface area contributed by atoms with Crippen molar-refractivity contribution in [2.45, 2.75) is 25.9 Å². The highest BCUT2D eigenvalue weighted by atomic mass is 35.5. The summed E-state index contributed by atoms with van der Waals surface area (Å²) >= 11 is 5.84. The molecule has 2 nitrogen and oxygen atoms in total. The second kappa shape index (κ2) is 10.6. The number of nitrogens with zero attached hydrogens (tertiary/aromatic N) is 1. The molecule has 0 bridgehead atoms. The zero-order valence-corrected chi connectivity index (χ0v) is 17.5. The quantitative estimate of drug-likeness (QED) is 0.394. The largest absolute Gasteiger partial charge is 0.508 e. The van der Waals surface area contributed by atoms with E-state index in [1.807, 2.05) is 13.0 Å². The van der Waals surface area contributed by atoms with E-state index in [9.17, 15) is 23.5 Å². The van der Waals surface area contributed by atoms with Gasteiger partial charge in [-0.25, -0.2) is 0 Å². The standard InChI is InChI=1S/C25H19ClF3NO/c1-3-4-5-19(8-6-17(2)26)23-14-18(16-30)7-9-20(23)10-11-21-12-13-22(31)15-24(21)25(27,28)29/h5-9,12-15,31H,2-4H2,1H3/b8-6-,19-5+. The summed E-state index contributed by atoms with van der Waals surface area (Å²) in [5, 5.41) is 19.0. The van der Waals surface area contributed by atoms with Crippen LogP contribution in [0, 0.1) is 23.2 Å². The van der Waals surface area contributed by atoms with Crippen LogP contribution in [-0.4, -0.2) is 5.11 Å². The van der Waals surface area contributed by atoms with Crippen LogP contribution in [0.25, 0.3) is 5.57 Å². The van der Waals surface area contributed by atoms with Gasteiger partial charge in [-0.3, -0.25) is 0 Å². The summed E-state index contributed by atoms with van der Waals surface area (Å²) < 4.78 is 40.0. The van der Waals surface area contributed by atoms with Gasteiger partial charge in [0, 0.05) is 16.2 Å². The summed E-state index contributed by atoms with van der Waals surface area (Å²) in [6, 6.07) is 9.76. The highest BCUT2D eigenvalue weighted by Gasteiger charge is 2.33. The van der Waals surface area contributed by atoms with Gasteiger partial charge < -0.3 is 5.11 Å². The Bertz CT molecular complexity index is 1140. The first kappa shape index (κ1) is 23.9. The predicted octanol–water partition coefficient (Wildman–Crippen LogP) is 7.17. The maximum atomic E-state index is 13.3. The Morgan fingerprint density at radius 1 is 1.13 bits per heavy atom. The normalized spacial score (nSPS) is 11.7. The van der Waals surface area contributed by atoms with Crippen molar-refractivity contribution in [3.63, 3.8) is 0 Å². The Kier molecular flexibility index (Phi) is 8.14. The molecule has 0 unspecified atom stereocenters. The minimum Gasteiger partial charge on any atom is -0.508 e. The zero-order chi connectivity index (χ0) is 23.0. The smallest absolute Gasteiger partial charge is 0.417 e. The number of phenolic OH excluding ortho intramolecular Hbond substituents is 1. The summed E-state index contributed by atoms with van der Waals surface area (Å²) in [4.78, 5) is 0. The molecule has 0 aliphatic carbocycles. The Hall–Kier alpha value is -3.41. The van der Waals surface area contributed by atoms with E-state index >= 15 is 0 Å². The van der Waals surface area contributed by atoms with Gasteiger partial charge in [0.15, 0.2) is 0 Å². The first-order valence-electron chi connectivity index (χ1n) is 9.35. The topological polar surface area (TPSA) is 44.0 Å². The van der Waals surface area contributed by atoms with Crippen LogP contribution < -0.4 is 0 Å². The first-order chi connectivity index (χ1) is 14.7. The fourth-order valence-electron chi connectivity index (χ4n) is 2.72. The number of aromatic hydroxyl groups is 1. The van der Waals surface area contributed by atoms with Crippen molar-refractivity contribution >= 4 is 17.2 Å². The molecule has 0 aliphatic rings. The van der Waals surface area contributed by atoms with Crippen molar-refractivity contribution in [2.75, 3.05) is 0 Å². The van der Waals surface area contributed by atoms with E-state index in [2.05, 4.69) is 24.5 Å². The van der Waals surface area contributed by atoms with Crippen LogP contribution in [-0.2, 0) is 6.18 Å². The number of benzene rings is 2. The molecule has 0 saturated heterocycles. The van der Waals surface area contributed by atoms with Crippen LogP contribution in [0.15, 0.2) is 66.2 Å². The van der Waals surface area contributed by atoms with Crippen LogP contribution in [0.4, 0.5) is 13.2 Å². The number of phenols is 1. The van der Waals surface area contributed by atoms with E-state index in [1.165, 1.54) is 0 Å². The molecule has 0 saturated carbocycles. The summed E-state index contributed by atoms with van der Waals surface area (Å²) in [5.74, 6) is 4.85. The van der Waals surface area contributed by atoms with Crippen molar-refractivity contribution in [3.05, 3.63) is 94.1 Å². The van der Waals surface area contributed by atoms with Crippen molar-refractivity contribution in [2.24, 2.45) is 0 Å². The Labute approximate surface area is 184 Å². The predicted molar refractivity (Wildman–Crippen MR) is 117 cm³/mol. The zero-order valence-electron chi connectivity index (χ0n) is 16.7. The van der Waals surface area contributed by atoms with Gasteiger partial charge in [-0.15, -0.1) is 0 Å². The van der Waals surface area contributed by atoms with Gasteiger partial charge in [-0.1, -0.05) is 55.5 Å². The van der Waals surface area contributed by atoms with E-state index < -0.39 is 17.5 Å². The average molecular weight is 442 g/mol. The van der Waals surface area contributed by atoms with Crippen molar-refractivity contribution in [1.82, 2.24) is 0 Å². The minimum absolute atomic E-state index is 0.260. The van der Waals surface area contributed by atoms with Gasteiger partial charge in [0.05, 0.1) is 17.2 Å². The number of alkyl halides is 3. The Morgan fingerprint density at radius 3 is 2.42 bits per heavy atom. The maximum absolute atomic E-state index is 13.3. The summed E-state index contributed by atoms with van der Waals surface area (Å²) in [7, 11) is 0. The fourth-order valence-corrected chi connectivity index (χ4v) is 2.78. The molecule has 0 radical (unpaired) electrons. The number of allylic oxidation sites excluding steroid dienone is 5. The summed E-state index contributed by atoms with van der Waals surface area (Å²) in [6.07, 6.45) is 2.23. The third-order valence-electron chi connectivity index (χ3n) is 4.20.